The molecule has 0 fully saturated rings. The molecule has 0 saturated heterocycles. The van der Waals surface area contributed by atoms with Crippen molar-refractivity contribution in [1.82, 2.24) is 0 Å². The van der Waals surface area contributed by atoms with Crippen molar-refractivity contribution in [2.45, 2.75) is 12.5 Å². The van der Waals surface area contributed by atoms with Gasteiger partial charge >= 0.3 is 0 Å². The van der Waals surface area contributed by atoms with Crippen molar-refractivity contribution in [3.63, 3.8) is 0 Å². The molecule has 0 aliphatic heterocycles. The number of hydrogen-bond donors (Lipinski definition) is 1. The van der Waals surface area contributed by atoms with Crippen LogP contribution < -0.4 is 4.74 Å². The number of ketones is 2. The molecule has 1 aliphatic rings. The summed E-state index contributed by atoms with van der Waals surface area (Å²) in [4.78, 5) is 22.8. The minimum absolute atomic E-state index is 0.142. The maximum Gasteiger partial charge on any atom is 0.184 e. The van der Waals surface area contributed by atoms with E-state index in [1.165, 1.54) is 18.2 Å². The highest BCUT2D eigenvalue weighted by atomic mass is 16.5. The van der Waals surface area contributed by atoms with Crippen LogP contribution in [0.25, 0.3) is 0 Å². The molecule has 0 heterocycles. The fraction of sp³-hybridized carbons (Fsp3) is 0.200. The lowest BCUT2D eigenvalue weighted by Gasteiger charge is -2.14. The Hall–Kier alpha value is -2.20. The third-order valence-corrected chi connectivity index (χ3v) is 2.93. The Morgan fingerprint density at radius 1 is 1.16 bits per heavy atom. The van der Waals surface area contributed by atoms with Crippen LogP contribution in [0.1, 0.15) is 5.56 Å². The van der Waals surface area contributed by atoms with Crippen LogP contribution in [0.4, 0.5) is 0 Å². The average molecular weight is 258 g/mol. The van der Waals surface area contributed by atoms with Crippen molar-refractivity contribution >= 4 is 11.6 Å². The van der Waals surface area contributed by atoms with Gasteiger partial charge in [-0.25, -0.2) is 0 Å². The molecule has 2 rings (SSSR count). The maximum atomic E-state index is 11.6. The largest absolute Gasteiger partial charge is 0.497 e. The van der Waals surface area contributed by atoms with Gasteiger partial charge in [-0.05, 0) is 35.9 Å². The van der Waals surface area contributed by atoms with Gasteiger partial charge in [-0.3, -0.25) is 9.59 Å². The quantitative estimate of drug-likeness (QED) is 0.825. The lowest BCUT2D eigenvalue weighted by atomic mass is 9.94. The topological polar surface area (TPSA) is 63.6 Å². The Morgan fingerprint density at radius 2 is 1.84 bits per heavy atom. The molecule has 0 saturated carbocycles. The van der Waals surface area contributed by atoms with Crippen molar-refractivity contribution in [2.75, 3.05) is 7.11 Å². The Labute approximate surface area is 111 Å². The van der Waals surface area contributed by atoms with Gasteiger partial charge in [0.15, 0.2) is 11.6 Å². The van der Waals surface area contributed by atoms with Gasteiger partial charge in [0.1, 0.15) is 5.75 Å². The monoisotopic (exact) mass is 258 g/mol. The normalized spacial score (nSPS) is 16.2. The van der Waals surface area contributed by atoms with Crippen molar-refractivity contribution in [2.24, 2.45) is 0 Å². The molecule has 1 unspecified atom stereocenters. The van der Waals surface area contributed by atoms with Crippen LogP contribution in [0.15, 0.2) is 48.1 Å². The van der Waals surface area contributed by atoms with E-state index in [4.69, 9.17) is 4.74 Å². The summed E-state index contributed by atoms with van der Waals surface area (Å²) in [6.45, 7) is 0. The van der Waals surface area contributed by atoms with Gasteiger partial charge in [0.05, 0.1) is 13.2 Å². The van der Waals surface area contributed by atoms with Crippen LogP contribution >= 0.6 is 0 Å². The molecule has 4 heteroatoms. The van der Waals surface area contributed by atoms with E-state index in [0.29, 0.717) is 0 Å². The van der Waals surface area contributed by atoms with Gasteiger partial charge in [0, 0.05) is 12.0 Å². The van der Waals surface area contributed by atoms with Gasteiger partial charge in [-0.1, -0.05) is 12.1 Å². The summed E-state index contributed by atoms with van der Waals surface area (Å²) in [6.07, 6.45) is 2.88. The second-order valence-corrected chi connectivity index (χ2v) is 4.27. The van der Waals surface area contributed by atoms with E-state index in [0.717, 1.165) is 11.3 Å². The molecule has 0 bridgehead atoms. The van der Waals surface area contributed by atoms with E-state index in [9.17, 15) is 14.7 Å². The number of aliphatic hydroxyl groups is 1. The first kappa shape index (κ1) is 13.2. The molecule has 0 spiro atoms. The highest BCUT2D eigenvalue weighted by Crippen LogP contribution is 2.17. The van der Waals surface area contributed by atoms with Gasteiger partial charge in [-0.2, -0.15) is 0 Å². The zero-order chi connectivity index (χ0) is 13.8. The molecule has 1 aromatic rings. The van der Waals surface area contributed by atoms with E-state index in [1.807, 2.05) is 12.1 Å². The number of hydrogen-bond acceptors (Lipinski definition) is 4. The summed E-state index contributed by atoms with van der Waals surface area (Å²) in [6, 6.07) is 7.19. The number of aliphatic hydroxyl groups excluding tert-OH is 1. The molecular formula is C15H14O4. The Bertz CT molecular complexity index is 552. The molecule has 1 N–H and O–H groups in total. The lowest BCUT2D eigenvalue weighted by Crippen LogP contribution is -2.22. The summed E-state index contributed by atoms with van der Waals surface area (Å²) < 4.78 is 5.04. The van der Waals surface area contributed by atoms with Crippen LogP contribution in [0.5, 0.6) is 5.75 Å². The van der Waals surface area contributed by atoms with E-state index in [2.05, 4.69) is 0 Å². The fourth-order valence-electron chi connectivity index (χ4n) is 1.88. The predicted octanol–water partition coefficient (Wildman–Crippen LogP) is 1.23. The molecule has 1 aliphatic carbocycles. The summed E-state index contributed by atoms with van der Waals surface area (Å²) in [5.41, 5.74) is 1.01. The number of carbonyl (C=O) groups excluding carboxylic acids is 2. The Balaban J connectivity index is 2.10. The summed E-state index contributed by atoms with van der Waals surface area (Å²) >= 11 is 0. The predicted molar refractivity (Wildman–Crippen MR) is 69.9 cm³/mol. The summed E-state index contributed by atoms with van der Waals surface area (Å²) in [7, 11) is 1.58. The first-order chi connectivity index (χ1) is 9.10. The number of benzene rings is 1. The second kappa shape index (κ2) is 5.63. The van der Waals surface area contributed by atoms with Crippen LogP contribution in [0.2, 0.25) is 0 Å². The van der Waals surface area contributed by atoms with E-state index in [-0.39, 0.29) is 23.6 Å². The zero-order valence-corrected chi connectivity index (χ0v) is 10.5. The molecule has 4 nitrogen and oxygen atoms in total. The van der Waals surface area contributed by atoms with Crippen LogP contribution in [-0.2, 0) is 16.0 Å². The van der Waals surface area contributed by atoms with Gasteiger partial charge < -0.3 is 9.84 Å². The number of allylic oxidation sites excluding steroid dienone is 3. The number of rotatable bonds is 4. The number of carbonyl (C=O) groups is 2. The third kappa shape index (κ3) is 3.17. The minimum Gasteiger partial charge on any atom is -0.497 e. The maximum absolute atomic E-state index is 11.6. The zero-order valence-electron chi connectivity index (χ0n) is 10.5. The van der Waals surface area contributed by atoms with Crippen LogP contribution in [0.3, 0.4) is 0 Å². The van der Waals surface area contributed by atoms with Crippen molar-refractivity contribution in [1.29, 1.82) is 0 Å². The first-order valence-electron chi connectivity index (χ1n) is 5.89. The molecule has 1 aromatic carbocycles. The SMILES string of the molecule is COc1ccc(CC(O)C2=CC(=O)C=CC2=O)cc1. The van der Waals surface area contributed by atoms with Crippen LogP contribution in [0, 0.1) is 0 Å². The van der Waals surface area contributed by atoms with E-state index < -0.39 is 6.10 Å². The third-order valence-electron chi connectivity index (χ3n) is 2.93. The highest BCUT2D eigenvalue weighted by molar-refractivity contribution is 6.17. The van der Waals surface area contributed by atoms with E-state index >= 15 is 0 Å². The molecule has 0 radical (unpaired) electrons. The molecular weight excluding hydrogens is 244 g/mol. The standard InChI is InChI=1S/C15H14O4/c1-19-12-5-2-10(3-6-12)8-15(18)13-9-11(16)4-7-14(13)17/h2-7,9,15,18H,8H2,1H3. The number of methoxy groups -OCH3 is 1. The highest BCUT2D eigenvalue weighted by Gasteiger charge is 2.21. The average Bonchev–Trinajstić information content (AvgIpc) is 2.42. The number of ether oxygens (including phenoxy) is 1. The second-order valence-electron chi connectivity index (χ2n) is 4.27. The van der Waals surface area contributed by atoms with E-state index in [1.54, 1.807) is 19.2 Å². The summed E-state index contributed by atoms with van der Waals surface area (Å²) in [5.74, 6) is 0.133. The van der Waals surface area contributed by atoms with Crippen LogP contribution in [-0.4, -0.2) is 29.9 Å². The smallest absolute Gasteiger partial charge is 0.184 e. The minimum atomic E-state index is -0.977. The van der Waals surface area contributed by atoms with Crippen molar-refractivity contribution < 1.29 is 19.4 Å². The van der Waals surface area contributed by atoms with Crippen molar-refractivity contribution in [3.8, 4) is 5.75 Å². The molecule has 19 heavy (non-hydrogen) atoms. The van der Waals surface area contributed by atoms with Crippen molar-refractivity contribution in [3.05, 3.63) is 53.6 Å². The first-order valence-corrected chi connectivity index (χ1v) is 5.89. The Morgan fingerprint density at radius 3 is 2.47 bits per heavy atom. The molecule has 0 amide bonds. The fourth-order valence-corrected chi connectivity index (χ4v) is 1.88. The summed E-state index contributed by atoms with van der Waals surface area (Å²) in [5, 5.41) is 10.0. The lowest BCUT2D eigenvalue weighted by molar-refractivity contribution is -0.115. The van der Waals surface area contributed by atoms with Gasteiger partial charge in [0.25, 0.3) is 0 Å². The Kier molecular flexibility index (Phi) is 3.92. The van der Waals surface area contributed by atoms with Gasteiger partial charge in [-0.15, -0.1) is 0 Å². The molecule has 98 valence electrons. The molecule has 0 aromatic heterocycles. The van der Waals surface area contributed by atoms with Gasteiger partial charge in [0.2, 0.25) is 0 Å². The molecule has 1 atom stereocenters.